The fourth-order valence-electron chi connectivity index (χ4n) is 2.83. The number of halogens is 3. The van der Waals surface area contributed by atoms with E-state index in [0.29, 0.717) is 5.02 Å². The molecule has 0 saturated carbocycles. The van der Waals surface area contributed by atoms with Gasteiger partial charge in [0, 0.05) is 9.50 Å². The van der Waals surface area contributed by atoms with Crippen molar-refractivity contribution >= 4 is 79.1 Å². The third kappa shape index (κ3) is 4.00. The number of rotatable bonds is 3. The Labute approximate surface area is 187 Å². The van der Waals surface area contributed by atoms with Crippen LogP contribution in [0.15, 0.2) is 61.3 Å². The molecule has 4 rings (SSSR count). The Balaban J connectivity index is 1.67. The minimum atomic E-state index is -0.466. The van der Waals surface area contributed by atoms with E-state index in [1.165, 1.54) is 24.5 Å². The van der Waals surface area contributed by atoms with Gasteiger partial charge < -0.3 is 4.42 Å². The molecule has 0 radical (unpaired) electrons. The van der Waals surface area contributed by atoms with Gasteiger partial charge in [0.1, 0.15) is 6.26 Å². The van der Waals surface area contributed by atoms with Gasteiger partial charge in [-0.1, -0.05) is 51.3 Å². The molecule has 29 heavy (non-hydrogen) atoms. The fraction of sp³-hybridized carbons (Fsp3) is 0.0500. The summed E-state index contributed by atoms with van der Waals surface area (Å²) in [5.41, 5.74) is 0.758. The number of hydrogen-bond acceptors (Lipinski definition) is 5. The van der Waals surface area contributed by atoms with Crippen LogP contribution in [-0.4, -0.2) is 16.0 Å². The Hall–Kier alpha value is -2.06. The molecule has 0 aliphatic carbocycles. The smallest absolute Gasteiger partial charge is 0.293 e. The highest BCUT2D eigenvalue weighted by Gasteiger charge is 2.35. The molecule has 146 valence electrons. The van der Waals surface area contributed by atoms with Gasteiger partial charge in [0.05, 0.1) is 27.4 Å². The van der Waals surface area contributed by atoms with Gasteiger partial charge in [-0.3, -0.25) is 19.3 Å². The molecule has 9 heteroatoms. The molecule has 2 amide bonds. The van der Waals surface area contributed by atoms with Crippen molar-refractivity contribution in [1.82, 2.24) is 4.90 Å². The van der Waals surface area contributed by atoms with E-state index in [1.54, 1.807) is 0 Å². The van der Waals surface area contributed by atoms with Gasteiger partial charge in [-0.05, 0) is 47.7 Å². The lowest BCUT2D eigenvalue weighted by molar-refractivity contribution is -0.123. The molecule has 1 saturated heterocycles. The Morgan fingerprint density at radius 2 is 1.83 bits per heavy atom. The second-order valence-corrected chi connectivity index (χ2v) is 8.93. The van der Waals surface area contributed by atoms with Crippen LogP contribution in [0, 0.1) is 0 Å². The number of hydrogen-bond donors (Lipinski definition) is 0. The minimum Gasteiger partial charge on any atom is -0.462 e. The van der Waals surface area contributed by atoms with Crippen LogP contribution >= 0.6 is 50.9 Å². The molecule has 0 atom stereocenters. The van der Waals surface area contributed by atoms with Crippen LogP contribution in [0.1, 0.15) is 11.1 Å². The first-order valence-corrected chi connectivity index (χ1v) is 10.6. The summed E-state index contributed by atoms with van der Waals surface area (Å²) in [5, 5.41) is 0.304. The lowest BCUT2D eigenvalue weighted by Gasteiger charge is -2.12. The molecule has 1 aromatic heterocycles. The van der Waals surface area contributed by atoms with Crippen LogP contribution in [0.25, 0.3) is 17.0 Å². The number of fused-ring (bicyclic) bond motifs is 1. The maximum atomic E-state index is 12.8. The molecule has 0 bridgehead atoms. The van der Waals surface area contributed by atoms with Crippen LogP contribution in [-0.2, 0) is 11.3 Å². The highest BCUT2D eigenvalue weighted by molar-refractivity contribution is 9.10. The second kappa shape index (κ2) is 7.99. The summed E-state index contributed by atoms with van der Waals surface area (Å²) in [6.07, 6.45) is 2.57. The molecular formula is C20H10BrCl2NO4S. The van der Waals surface area contributed by atoms with E-state index in [9.17, 15) is 14.4 Å². The zero-order valence-corrected chi connectivity index (χ0v) is 18.4. The molecule has 1 aliphatic rings. The summed E-state index contributed by atoms with van der Waals surface area (Å²) in [6, 6.07) is 10.2. The summed E-state index contributed by atoms with van der Waals surface area (Å²) in [7, 11) is 0. The normalized spacial score (nSPS) is 15.7. The van der Waals surface area contributed by atoms with Crippen molar-refractivity contribution < 1.29 is 14.0 Å². The molecule has 2 aromatic carbocycles. The van der Waals surface area contributed by atoms with E-state index in [2.05, 4.69) is 15.9 Å². The first kappa shape index (κ1) is 20.2. The van der Waals surface area contributed by atoms with E-state index >= 15 is 0 Å². The standard InChI is InChI=1S/C20H10BrCl2NO4S/c21-12-3-1-10(2-4-12)8-24-19(26)16(29-20(24)27)5-11-9-28-18-14(17(11)25)6-13(22)7-15(18)23/h1-7,9H,8H2/b16-5-. The van der Waals surface area contributed by atoms with Crippen molar-refractivity contribution in [3.05, 3.63) is 83.4 Å². The van der Waals surface area contributed by atoms with Gasteiger partial charge in [-0.25, -0.2) is 0 Å². The van der Waals surface area contributed by atoms with E-state index in [0.717, 1.165) is 26.7 Å². The summed E-state index contributed by atoms with van der Waals surface area (Å²) in [6.45, 7) is 0.146. The van der Waals surface area contributed by atoms with Crippen molar-refractivity contribution in [3.63, 3.8) is 0 Å². The van der Waals surface area contributed by atoms with Crippen LogP contribution in [0.3, 0.4) is 0 Å². The number of carbonyl (C=O) groups excluding carboxylic acids is 2. The molecule has 1 fully saturated rings. The molecule has 2 heterocycles. The number of benzene rings is 2. The number of imide groups is 1. The Bertz CT molecular complexity index is 1250. The summed E-state index contributed by atoms with van der Waals surface area (Å²) in [4.78, 5) is 39.1. The molecule has 0 N–H and O–H groups in total. The number of carbonyl (C=O) groups is 2. The van der Waals surface area contributed by atoms with Crippen LogP contribution in [0.5, 0.6) is 0 Å². The first-order chi connectivity index (χ1) is 13.8. The summed E-state index contributed by atoms with van der Waals surface area (Å²) in [5.74, 6) is -0.466. The number of thioether (sulfide) groups is 1. The Kier molecular flexibility index (Phi) is 5.57. The van der Waals surface area contributed by atoms with E-state index < -0.39 is 16.6 Å². The van der Waals surface area contributed by atoms with Gasteiger partial charge in [0.15, 0.2) is 11.0 Å². The molecule has 5 nitrogen and oxygen atoms in total. The van der Waals surface area contributed by atoms with Crippen LogP contribution in [0.2, 0.25) is 10.0 Å². The third-order valence-corrected chi connectivity index (χ3v) is 6.17. The molecule has 0 unspecified atom stereocenters. The zero-order chi connectivity index (χ0) is 20.7. The summed E-state index contributed by atoms with van der Waals surface area (Å²) >= 11 is 16.2. The largest absolute Gasteiger partial charge is 0.462 e. The predicted molar refractivity (Wildman–Crippen MR) is 118 cm³/mol. The average molecular weight is 511 g/mol. The Morgan fingerprint density at radius 1 is 1.10 bits per heavy atom. The first-order valence-electron chi connectivity index (χ1n) is 8.24. The molecule has 3 aromatic rings. The minimum absolute atomic E-state index is 0.130. The highest BCUT2D eigenvalue weighted by Crippen LogP contribution is 2.34. The fourth-order valence-corrected chi connectivity index (χ4v) is 4.46. The van der Waals surface area contributed by atoms with Gasteiger partial charge in [-0.2, -0.15) is 0 Å². The monoisotopic (exact) mass is 509 g/mol. The lowest BCUT2D eigenvalue weighted by Crippen LogP contribution is -2.27. The van der Waals surface area contributed by atoms with Crippen LogP contribution in [0.4, 0.5) is 4.79 Å². The van der Waals surface area contributed by atoms with Gasteiger partial charge >= 0.3 is 0 Å². The van der Waals surface area contributed by atoms with Crippen LogP contribution < -0.4 is 5.43 Å². The average Bonchev–Trinajstić information content (AvgIpc) is 2.93. The maximum Gasteiger partial charge on any atom is 0.293 e. The zero-order valence-electron chi connectivity index (χ0n) is 14.4. The summed E-state index contributed by atoms with van der Waals surface area (Å²) < 4.78 is 6.36. The molecule has 0 spiro atoms. The predicted octanol–water partition coefficient (Wildman–Crippen LogP) is 6.10. The van der Waals surface area contributed by atoms with Crippen molar-refractivity contribution in [1.29, 1.82) is 0 Å². The van der Waals surface area contributed by atoms with Gasteiger partial charge in [0.25, 0.3) is 11.1 Å². The second-order valence-electron chi connectivity index (χ2n) is 6.18. The Morgan fingerprint density at radius 3 is 2.55 bits per heavy atom. The topological polar surface area (TPSA) is 67.6 Å². The van der Waals surface area contributed by atoms with E-state index in [-0.39, 0.29) is 33.0 Å². The molecular weight excluding hydrogens is 501 g/mol. The maximum absolute atomic E-state index is 12.8. The quantitative estimate of drug-likeness (QED) is 0.398. The number of nitrogens with zero attached hydrogens (tertiary/aromatic N) is 1. The van der Waals surface area contributed by atoms with E-state index in [1.807, 2.05) is 24.3 Å². The third-order valence-electron chi connectivity index (χ3n) is 4.23. The number of amides is 2. The highest BCUT2D eigenvalue weighted by atomic mass is 79.9. The van der Waals surface area contributed by atoms with Crippen molar-refractivity contribution in [2.24, 2.45) is 0 Å². The SMILES string of the molecule is O=C1S/C(=C\c2coc3c(Cl)cc(Cl)cc3c2=O)C(=O)N1Cc1ccc(Br)cc1. The lowest BCUT2D eigenvalue weighted by atomic mass is 10.1. The van der Waals surface area contributed by atoms with Crippen molar-refractivity contribution in [3.8, 4) is 0 Å². The van der Waals surface area contributed by atoms with E-state index in [4.69, 9.17) is 27.6 Å². The van der Waals surface area contributed by atoms with Crippen molar-refractivity contribution in [2.75, 3.05) is 0 Å². The van der Waals surface area contributed by atoms with Gasteiger partial charge in [0.2, 0.25) is 0 Å². The van der Waals surface area contributed by atoms with Gasteiger partial charge in [-0.15, -0.1) is 0 Å². The van der Waals surface area contributed by atoms with Crippen molar-refractivity contribution in [2.45, 2.75) is 6.54 Å². The molecule has 1 aliphatic heterocycles.